The molecule has 0 aliphatic heterocycles. The number of benzene rings is 2. The fraction of sp³-hybridized carbons (Fsp3) is 0.571. The second-order valence-electron chi connectivity index (χ2n) is 12.4. The minimum atomic E-state index is -0.430. The maximum atomic E-state index is 13.3. The third kappa shape index (κ3) is 8.51. The largest absolute Gasteiger partial charge is 0.462 e. The molecule has 42 heavy (non-hydrogen) atoms. The predicted molar refractivity (Wildman–Crippen MR) is 168 cm³/mol. The highest BCUT2D eigenvalue weighted by Gasteiger charge is 2.29. The molecule has 2 aromatic rings. The third-order valence-corrected chi connectivity index (χ3v) is 8.03. The van der Waals surface area contributed by atoms with E-state index in [0.717, 1.165) is 49.9 Å². The van der Waals surface area contributed by atoms with E-state index in [-0.39, 0.29) is 5.78 Å². The van der Waals surface area contributed by atoms with Gasteiger partial charge in [-0.05, 0) is 130 Å². The van der Waals surface area contributed by atoms with Crippen molar-refractivity contribution in [1.82, 2.24) is 9.80 Å². The smallest absolute Gasteiger partial charge is 0.338 e. The van der Waals surface area contributed by atoms with E-state index in [9.17, 15) is 14.4 Å². The lowest BCUT2D eigenvalue weighted by Crippen LogP contribution is -2.37. The fourth-order valence-electron chi connectivity index (χ4n) is 5.85. The second-order valence-corrected chi connectivity index (χ2v) is 12.4. The van der Waals surface area contributed by atoms with Crippen LogP contribution in [-0.2, 0) is 9.47 Å². The van der Waals surface area contributed by atoms with Gasteiger partial charge in [0, 0.05) is 35.3 Å². The van der Waals surface area contributed by atoms with Crippen molar-refractivity contribution in [1.29, 1.82) is 0 Å². The first-order valence-electron chi connectivity index (χ1n) is 15.6. The van der Waals surface area contributed by atoms with Gasteiger partial charge in [-0.1, -0.05) is 12.1 Å². The molecule has 1 aliphatic carbocycles. The number of ketones is 1. The van der Waals surface area contributed by atoms with Crippen LogP contribution in [0.4, 0.5) is 0 Å². The van der Waals surface area contributed by atoms with E-state index in [0.29, 0.717) is 59.6 Å². The first kappa shape index (κ1) is 33.5. The number of hydrogen-bond donors (Lipinski definition) is 0. The lowest BCUT2D eigenvalue weighted by atomic mass is 10.0. The predicted octanol–water partition coefficient (Wildman–Crippen LogP) is 7.01. The molecule has 0 saturated heterocycles. The van der Waals surface area contributed by atoms with Gasteiger partial charge in [-0.15, -0.1) is 0 Å². The van der Waals surface area contributed by atoms with Gasteiger partial charge in [0.05, 0.1) is 24.3 Å². The third-order valence-electron chi connectivity index (χ3n) is 8.03. The van der Waals surface area contributed by atoms with Crippen molar-refractivity contribution in [3.63, 3.8) is 0 Å². The average Bonchev–Trinajstić information content (AvgIpc) is 3.21. The van der Waals surface area contributed by atoms with Gasteiger partial charge >= 0.3 is 11.9 Å². The zero-order valence-electron chi connectivity index (χ0n) is 26.9. The summed E-state index contributed by atoms with van der Waals surface area (Å²) in [5.74, 6) is -1.06. The first-order valence-corrected chi connectivity index (χ1v) is 15.6. The van der Waals surface area contributed by atoms with Crippen molar-refractivity contribution in [3.05, 3.63) is 58.7 Å². The number of unbranched alkanes of at least 4 members (excludes halogenated alkanes) is 2. The molecule has 0 radical (unpaired) electrons. The Bertz CT molecular complexity index is 1120. The Labute approximate surface area is 252 Å². The molecule has 0 fully saturated rings. The molecule has 0 heterocycles. The second kappa shape index (κ2) is 15.4. The molecule has 7 heteroatoms. The molecule has 2 aromatic carbocycles. The number of nitrogens with zero attached hydrogens (tertiary/aromatic N) is 2. The van der Waals surface area contributed by atoms with Crippen molar-refractivity contribution in [2.45, 2.75) is 105 Å². The molecular weight excluding hydrogens is 528 g/mol. The van der Waals surface area contributed by atoms with Crippen LogP contribution in [0.25, 0.3) is 11.1 Å². The summed E-state index contributed by atoms with van der Waals surface area (Å²) in [7, 11) is 0. The van der Waals surface area contributed by atoms with Gasteiger partial charge in [-0.3, -0.25) is 14.6 Å². The molecule has 0 N–H and O–H groups in total. The van der Waals surface area contributed by atoms with Crippen LogP contribution in [0, 0.1) is 0 Å². The van der Waals surface area contributed by atoms with E-state index in [1.165, 1.54) is 0 Å². The lowest BCUT2D eigenvalue weighted by molar-refractivity contribution is 0.0482. The van der Waals surface area contributed by atoms with Gasteiger partial charge in [0.1, 0.15) is 0 Å². The Morgan fingerprint density at radius 3 is 1.26 bits per heavy atom. The Kier molecular flexibility index (Phi) is 12.3. The van der Waals surface area contributed by atoms with E-state index in [1.54, 1.807) is 36.4 Å². The normalized spacial score (nSPS) is 12.7. The van der Waals surface area contributed by atoms with Crippen LogP contribution in [0.15, 0.2) is 36.4 Å². The van der Waals surface area contributed by atoms with Crippen molar-refractivity contribution >= 4 is 17.7 Å². The Morgan fingerprint density at radius 2 is 0.929 bits per heavy atom. The molecule has 0 bridgehead atoms. The van der Waals surface area contributed by atoms with Crippen LogP contribution in [0.2, 0.25) is 0 Å². The summed E-state index contributed by atoms with van der Waals surface area (Å²) < 4.78 is 11.0. The van der Waals surface area contributed by atoms with E-state index < -0.39 is 11.9 Å². The van der Waals surface area contributed by atoms with Crippen LogP contribution in [0.1, 0.15) is 118 Å². The van der Waals surface area contributed by atoms with Gasteiger partial charge in [0.15, 0.2) is 5.78 Å². The van der Waals surface area contributed by atoms with Gasteiger partial charge in [0.2, 0.25) is 0 Å². The molecule has 0 amide bonds. The van der Waals surface area contributed by atoms with Crippen LogP contribution in [0.3, 0.4) is 0 Å². The Hall–Kier alpha value is -3.03. The van der Waals surface area contributed by atoms with Crippen LogP contribution in [-0.4, -0.2) is 78.0 Å². The maximum Gasteiger partial charge on any atom is 0.338 e. The summed E-state index contributed by atoms with van der Waals surface area (Å²) in [6, 6.07) is 12.1. The van der Waals surface area contributed by atoms with Gasteiger partial charge < -0.3 is 9.47 Å². The minimum absolute atomic E-state index is 0.200. The molecule has 1 aliphatic rings. The summed E-state index contributed by atoms with van der Waals surface area (Å²) in [5.41, 5.74) is 3.13. The number of carbonyl (C=O) groups excluding carboxylic acids is 3. The first-order chi connectivity index (χ1) is 19.9. The Balaban J connectivity index is 1.52. The van der Waals surface area contributed by atoms with Gasteiger partial charge in [-0.25, -0.2) is 9.59 Å². The molecule has 7 nitrogen and oxygen atoms in total. The summed E-state index contributed by atoms with van der Waals surface area (Å²) in [4.78, 5) is 43.6. The van der Waals surface area contributed by atoms with E-state index in [4.69, 9.17) is 9.47 Å². The minimum Gasteiger partial charge on any atom is -0.462 e. The summed E-state index contributed by atoms with van der Waals surface area (Å²) in [6.45, 7) is 20.1. The number of hydrogen-bond acceptors (Lipinski definition) is 7. The van der Waals surface area contributed by atoms with Crippen molar-refractivity contribution in [3.8, 4) is 11.1 Å². The number of fused-ring (bicyclic) bond motifs is 3. The van der Waals surface area contributed by atoms with Crippen LogP contribution >= 0.6 is 0 Å². The molecule has 230 valence electrons. The zero-order chi connectivity index (χ0) is 31.0. The van der Waals surface area contributed by atoms with Gasteiger partial charge in [-0.2, -0.15) is 0 Å². The van der Waals surface area contributed by atoms with Crippen molar-refractivity contribution in [2.24, 2.45) is 0 Å². The van der Waals surface area contributed by atoms with Crippen molar-refractivity contribution in [2.75, 3.05) is 26.3 Å². The fourth-order valence-corrected chi connectivity index (χ4v) is 5.85. The monoisotopic (exact) mass is 578 g/mol. The highest BCUT2D eigenvalue weighted by Crippen LogP contribution is 2.37. The molecular formula is C35H50N2O5. The van der Waals surface area contributed by atoms with Crippen LogP contribution < -0.4 is 0 Å². The molecule has 0 atom stereocenters. The highest BCUT2D eigenvalue weighted by atomic mass is 16.5. The van der Waals surface area contributed by atoms with E-state index in [1.807, 2.05) is 0 Å². The lowest BCUT2D eigenvalue weighted by Gasteiger charge is -2.30. The Morgan fingerprint density at radius 1 is 0.571 bits per heavy atom. The molecule has 0 spiro atoms. The highest BCUT2D eigenvalue weighted by molar-refractivity contribution is 6.22. The number of rotatable bonds is 16. The number of esters is 2. The SMILES string of the molecule is CC(C)N(CCCCOC(=O)c1ccc2c(c1)C(=O)c1cc(C(=O)OCCCCN(C(C)C)C(C)C)ccc1-2)C(C)C. The molecule has 0 aromatic heterocycles. The molecule has 0 unspecified atom stereocenters. The standard InChI is InChI=1S/C35H50N2O5/c1-23(2)36(24(3)4)17-9-11-19-41-34(39)27-13-15-29-30-16-14-28(22-32(30)33(38)31(29)21-27)35(40)42-20-12-10-18-37(25(5)6)26(7)8/h13-16,21-26H,9-12,17-20H2,1-8H3. The zero-order valence-corrected chi connectivity index (χ0v) is 26.9. The molecule has 0 saturated carbocycles. The average molecular weight is 579 g/mol. The van der Waals surface area contributed by atoms with E-state index in [2.05, 4.69) is 65.2 Å². The van der Waals surface area contributed by atoms with Gasteiger partial charge in [0.25, 0.3) is 0 Å². The van der Waals surface area contributed by atoms with Crippen molar-refractivity contribution < 1.29 is 23.9 Å². The maximum absolute atomic E-state index is 13.3. The van der Waals surface area contributed by atoms with E-state index >= 15 is 0 Å². The van der Waals surface area contributed by atoms with Crippen LogP contribution in [0.5, 0.6) is 0 Å². The quantitative estimate of drug-likeness (QED) is 0.134. The summed E-state index contributed by atoms with van der Waals surface area (Å²) in [6.07, 6.45) is 3.46. The summed E-state index contributed by atoms with van der Waals surface area (Å²) >= 11 is 0. The number of carbonyl (C=O) groups is 3. The topological polar surface area (TPSA) is 76.1 Å². The summed E-state index contributed by atoms with van der Waals surface area (Å²) in [5, 5.41) is 0. The molecule has 3 rings (SSSR count). The number of ether oxygens (including phenoxy) is 2.